The molecule has 2 aromatic rings. The maximum atomic E-state index is 12.7. The molecular formula is C14H18N4O2. The molecule has 0 saturated carbocycles. The number of rotatable bonds is 1. The van der Waals surface area contributed by atoms with Crippen LogP contribution in [0.3, 0.4) is 0 Å². The number of pyridine rings is 1. The van der Waals surface area contributed by atoms with Crippen LogP contribution >= 0.6 is 0 Å². The van der Waals surface area contributed by atoms with Gasteiger partial charge in [0.1, 0.15) is 0 Å². The van der Waals surface area contributed by atoms with E-state index in [1.54, 1.807) is 9.58 Å². The van der Waals surface area contributed by atoms with Crippen LogP contribution in [0.25, 0.3) is 11.0 Å². The van der Waals surface area contributed by atoms with Gasteiger partial charge in [0, 0.05) is 25.8 Å². The second-order valence-corrected chi connectivity index (χ2v) is 5.41. The molecule has 0 radical (unpaired) electrons. The molecule has 2 aromatic heterocycles. The van der Waals surface area contributed by atoms with Crippen molar-refractivity contribution in [2.75, 3.05) is 13.1 Å². The van der Waals surface area contributed by atoms with Crippen LogP contribution in [0.4, 0.5) is 0 Å². The molecule has 1 atom stereocenters. The summed E-state index contributed by atoms with van der Waals surface area (Å²) in [5.74, 6) is -0.0480. The largest absolute Gasteiger partial charge is 0.391 e. The minimum absolute atomic E-state index is 0.0480. The van der Waals surface area contributed by atoms with Gasteiger partial charge in [-0.1, -0.05) is 0 Å². The predicted molar refractivity (Wildman–Crippen MR) is 74.5 cm³/mol. The first-order chi connectivity index (χ1) is 9.47. The Morgan fingerprint density at radius 2 is 2.20 bits per heavy atom. The highest BCUT2D eigenvalue weighted by Gasteiger charge is 2.28. The quantitative estimate of drug-likeness (QED) is 0.834. The molecule has 6 heteroatoms. The number of hydrogen-bond acceptors (Lipinski definition) is 4. The fourth-order valence-electron chi connectivity index (χ4n) is 2.84. The lowest BCUT2D eigenvalue weighted by Gasteiger charge is -2.16. The van der Waals surface area contributed by atoms with Crippen LogP contribution in [-0.4, -0.2) is 49.9 Å². The molecule has 1 amide bonds. The Balaban J connectivity index is 2.13. The van der Waals surface area contributed by atoms with Crippen molar-refractivity contribution in [2.24, 2.45) is 7.05 Å². The number of carbonyl (C=O) groups is 1. The van der Waals surface area contributed by atoms with E-state index in [0.717, 1.165) is 22.4 Å². The lowest BCUT2D eigenvalue weighted by molar-refractivity contribution is 0.0766. The van der Waals surface area contributed by atoms with E-state index in [4.69, 9.17) is 0 Å². The number of carbonyl (C=O) groups excluding carboxylic acids is 1. The summed E-state index contributed by atoms with van der Waals surface area (Å²) >= 11 is 0. The van der Waals surface area contributed by atoms with Crippen molar-refractivity contribution in [3.8, 4) is 0 Å². The molecule has 0 aliphatic carbocycles. The van der Waals surface area contributed by atoms with Crippen LogP contribution < -0.4 is 0 Å². The highest BCUT2D eigenvalue weighted by Crippen LogP contribution is 2.24. The van der Waals surface area contributed by atoms with Gasteiger partial charge in [-0.2, -0.15) is 5.10 Å². The maximum absolute atomic E-state index is 12.7. The average molecular weight is 274 g/mol. The molecule has 20 heavy (non-hydrogen) atoms. The zero-order valence-corrected chi connectivity index (χ0v) is 11.9. The summed E-state index contributed by atoms with van der Waals surface area (Å²) < 4.78 is 1.70. The highest BCUT2D eigenvalue weighted by atomic mass is 16.3. The summed E-state index contributed by atoms with van der Waals surface area (Å²) in [5, 5.41) is 14.8. The predicted octanol–water partition coefficient (Wildman–Crippen LogP) is 0.792. The van der Waals surface area contributed by atoms with E-state index in [2.05, 4.69) is 10.1 Å². The van der Waals surface area contributed by atoms with E-state index in [1.807, 2.05) is 27.0 Å². The molecule has 0 aromatic carbocycles. The van der Waals surface area contributed by atoms with Crippen LogP contribution in [0.15, 0.2) is 6.07 Å². The van der Waals surface area contributed by atoms with Crippen molar-refractivity contribution >= 4 is 16.9 Å². The topological polar surface area (TPSA) is 71.2 Å². The summed E-state index contributed by atoms with van der Waals surface area (Å²) in [5.41, 5.74) is 2.96. The number of fused-ring (bicyclic) bond motifs is 1. The fourth-order valence-corrected chi connectivity index (χ4v) is 2.84. The van der Waals surface area contributed by atoms with E-state index >= 15 is 0 Å². The number of hydrogen-bond donors (Lipinski definition) is 1. The van der Waals surface area contributed by atoms with Gasteiger partial charge >= 0.3 is 0 Å². The number of amides is 1. The van der Waals surface area contributed by atoms with Crippen LogP contribution in [0.2, 0.25) is 0 Å². The summed E-state index contributed by atoms with van der Waals surface area (Å²) in [6.07, 6.45) is 0.234. The van der Waals surface area contributed by atoms with E-state index in [0.29, 0.717) is 25.1 Å². The molecule has 1 aliphatic rings. The van der Waals surface area contributed by atoms with E-state index in [-0.39, 0.29) is 5.91 Å². The van der Waals surface area contributed by atoms with Gasteiger partial charge < -0.3 is 10.0 Å². The molecule has 0 spiro atoms. The van der Waals surface area contributed by atoms with Gasteiger partial charge in [-0.15, -0.1) is 0 Å². The van der Waals surface area contributed by atoms with Crippen molar-refractivity contribution in [2.45, 2.75) is 26.4 Å². The Morgan fingerprint density at radius 3 is 2.85 bits per heavy atom. The standard InChI is InChI=1S/C14H18N4O2/c1-8-6-11(14(20)18-5-4-10(19)7-18)12-9(2)16-17(3)13(12)15-8/h6,10,19H,4-5,7H2,1-3H3/t10-/m1/s1. The summed E-state index contributed by atoms with van der Waals surface area (Å²) in [7, 11) is 1.83. The molecule has 3 rings (SSSR count). The fraction of sp³-hybridized carbons (Fsp3) is 0.500. The Labute approximate surface area is 117 Å². The summed E-state index contributed by atoms with van der Waals surface area (Å²) in [4.78, 5) is 18.8. The first-order valence-corrected chi connectivity index (χ1v) is 6.75. The van der Waals surface area contributed by atoms with Gasteiger partial charge in [0.05, 0.1) is 22.7 Å². The third-order valence-electron chi connectivity index (χ3n) is 3.78. The average Bonchev–Trinajstić information content (AvgIpc) is 2.93. The number of β-amino-alcohol motifs (C(OH)–C–C–N with tert-alkyl or cyclic N) is 1. The number of aryl methyl sites for hydroxylation is 3. The number of aliphatic hydroxyl groups is 1. The van der Waals surface area contributed by atoms with Gasteiger partial charge in [-0.05, 0) is 26.3 Å². The van der Waals surface area contributed by atoms with Gasteiger partial charge in [0.25, 0.3) is 5.91 Å². The molecule has 106 valence electrons. The molecule has 1 N–H and O–H groups in total. The molecule has 1 fully saturated rings. The monoisotopic (exact) mass is 274 g/mol. The van der Waals surface area contributed by atoms with E-state index < -0.39 is 6.10 Å². The Morgan fingerprint density at radius 1 is 1.45 bits per heavy atom. The number of aromatic nitrogens is 3. The first kappa shape index (κ1) is 13.1. The minimum atomic E-state index is -0.410. The minimum Gasteiger partial charge on any atom is -0.391 e. The van der Waals surface area contributed by atoms with E-state index in [9.17, 15) is 9.90 Å². The van der Waals surface area contributed by atoms with Crippen LogP contribution in [-0.2, 0) is 7.05 Å². The van der Waals surface area contributed by atoms with Crippen molar-refractivity contribution in [1.82, 2.24) is 19.7 Å². The number of likely N-dealkylation sites (tertiary alicyclic amines) is 1. The normalized spacial score (nSPS) is 19.0. The molecule has 6 nitrogen and oxygen atoms in total. The van der Waals surface area contributed by atoms with Gasteiger partial charge in [-0.3, -0.25) is 9.48 Å². The van der Waals surface area contributed by atoms with E-state index in [1.165, 1.54) is 0 Å². The SMILES string of the molecule is Cc1cc(C(=O)N2CC[C@@H](O)C2)c2c(C)nn(C)c2n1. The van der Waals surface area contributed by atoms with Gasteiger partial charge in [-0.25, -0.2) is 4.98 Å². The Kier molecular flexibility index (Phi) is 2.97. The molecule has 0 unspecified atom stereocenters. The zero-order chi connectivity index (χ0) is 14.4. The van der Waals surface area contributed by atoms with Crippen LogP contribution in [0, 0.1) is 13.8 Å². The smallest absolute Gasteiger partial charge is 0.254 e. The second kappa shape index (κ2) is 4.56. The molecule has 3 heterocycles. The summed E-state index contributed by atoms with van der Waals surface area (Å²) in [6, 6.07) is 1.81. The van der Waals surface area contributed by atoms with Gasteiger partial charge in [0.2, 0.25) is 0 Å². The van der Waals surface area contributed by atoms with Crippen molar-refractivity contribution < 1.29 is 9.90 Å². The molecule has 1 saturated heterocycles. The van der Waals surface area contributed by atoms with Crippen molar-refractivity contribution in [3.63, 3.8) is 0 Å². The zero-order valence-electron chi connectivity index (χ0n) is 11.9. The summed E-state index contributed by atoms with van der Waals surface area (Å²) in [6.45, 7) is 4.76. The Bertz CT molecular complexity index is 692. The third-order valence-corrected chi connectivity index (χ3v) is 3.78. The van der Waals surface area contributed by atoms with Crippen LogP contribution in [0.1, 0.15) is 28.2 Å². The van der Waals surface area contributed by atoms with Crippen molar-refractivity contribution in [1.29, 1.82) is 0 Å². The first-order valence-electron chi connectivity index (χ1n) is 6.75. The molecular weight excluding hydrogens is 256 g/mol. The van der Waals surface area contributed by atoms with Gasteiger partial charge in [0.15, 0.2) is 5.65 Å². The Hall–Kier alpha value is -1.95. The number of aliphatic hydroxyl groups excluding tert-OH is 1. The molecule has 0 bridgehead atoms. The lowest BCUT2D eigenvalue weighted by Crippen LogP contribution is -2.29. The van der Waals surface area contributed by atoms with Crippen LogP contribution in [0.5, 0.6) is 0 Å². The lowest BCUT2D eigenvalue weighted by atomic mass is 10.1. The van der Waals surface area contributed by atoms with Crippen molar-refractivity contribution in [3.05, 3.63) is 23.0 Å². The number of nitrogens with zero attached hydrogens (tertiary/aromatic N) is 4. The second-order valence-electron chi connectivity index (χ2n) is 5.41. The third kappa shape index (κ3) is 1.96. The molecule has 1 aliphatic heterocycles. The maximum Gasteiger partial charge on any atom is 0.254 e. The highest BCUT2D eigenvalue weighted by molar-refractivity contribution is 6.06.